The Labute approximate surface area is 122 Å². The molecule has 0 bridgehead atoms. The van der Waals surface area contributed by atoms with E-state index in [-0.39, 0.29) is 5.41 Å². The second kappa shape index (κ2) is 4.70. The lowest BCUT2D eigenvalue weighted by atomic mass is 9.86. The Balaban J connectivity index is 1.77. The van der Waals surface area contributed by atoms with Gasteiger partial charge in [0.2, 0.25) is 11.7 Å². The van der Waals surface area contributed by atoms with Crippen LogP contribution >= 0.6 is 0 Å². The van der Waals surface area contributed by atoms with E-state index < -0.39 is 0 Å². The molecule has 2 heterocycles. The highest BCUT2D eigenvalue weighted by molar-refractivity contribution is 5.91. The van der Waals surface area contributed by atoms with Crippen molar-refractivity contribution in [3.63, 3.8) is 0 Å². The van der Waals surface area contributed by atoms with Gasteiger partial charge in [0.15, 0.2) is 0 Å². The number of nitrogens with two attached hydrogens (primary N) is 1. The minimum Gasteiger partial charge on any atom is -0.464 e. The van der Waals surface area contributed by atoms with Gasteiger partial charge in [-0.2, -0.15) is 4.98 Å². The lowest BCUT2D eigenvalue weighted by Crippen LogP contribution is -2.32. The van der Waals surface area contributed by atoms with Crippen LogP contribution in [0, 0.1) is 0 Å². The molecule has 21 heavy (non-hydrogen) atoms. The molecule has 5 heteroatoms. The number of aromatic nitrogens is 2. The fraction of sp³-hybridized carbons (Fsp3) is 0.375. The van der Waals surface area contributed by atoms with Crippen LogP contribution in [0.5, 0.6) is 0 Å². The fourth-order valence-electron chi connectivity index (χ4n) is 3.26. The summed E-state index contributed by atoms with van der Waals surface area (Å²) in [6, 6.07) is 7.84. The molecule has 2 aromatic heterocycles. The first kappa shape index (κ1) is 12.6. The number of nitrogens with zero attached hydrogens (tertiary/aromatic N) is 2. The third kappa shape index (κ3) is 1.88. The summed E-state index contributed by atoms with van der Waals surface area (Å²) in [4.78, 5) is 4.61. The van der Waals surface area contributed by atoms with E-state index in [1.54, 1.807) is 6.26 Å². The molecule has 1 fully saturated rings. The van der Waals surface area contributed by atoms with Crippen LogP contribution in [0.1, 0.15) is 31.6 Å². The molecule has 0 amide bonds. The van der Waals surface area contributed by atoms with Gasteiger partial charge in [-0.25, -0.2) is 0 Å². The maximum atomic E-state index is 5.97. The van der Waals surface area contributed by atoms with E-state index in [1.165, 1.54) is 12.8 Å². The van der Waals surface area contributed by atoms with E-state index in [4.69, 9.17) is 14.7 Å². The zero-order valence-electron chi connectivity index (χ0n) is 11.7. The molecule has 0 spiro atoms. The first-order chi connectivity index (χ1) is 10.3. The van der Waals surface area contributed by atoms with Gasteiger partial charge >= 0.3 is 0 Å². The summed E-state index contributed by atoms with van der Waals surface area (Å²) in [6.07, 6.45) is 6.07. The van der Waals surface area contributed by atoms with E-state index in [0.29, 0.717) is 18.3 Å². The molecule has 0 atom stereocenters. The number of para-hydroxylation sites is 1. The fourth-order valence-corrected chi connectivity index (χ4v) is 3.26. The standard InChI is InChI=1S/C16H17N3O2/c17-10-16(7-3-4-8-16)15-18-14(19-21-15)12-9-20-13-6-2-1-5-11(12)13/h1-2,5-6,9H,3-4,7-8,10,17H2. The number of fused-ring (bicyclic) bond motifs is 1. The maximum absolute atomic E-state index is 5.97. The molecule has 1 saturated carbocycles. The van der Waals surface area contributed by atoms with Crippen molar-refractivity contribution < 1.29 is 8.94 Å². The molecule has 0 aliphatic heterocycles. The van der Waals surface area contributed by atoms with Crippen LogP contribution in [0.2, 0.25) is 0 Å². The number of hydrogen-bond acceptors (Lipinski definition) is 5. The Bertz CT molecular complexity index is 769. The van der Waals surface area contributed by atoms with Crippen molar-refractivity contribution in [1.29, 1.82) is 0 Å². The van der Waals surface area contributed by atoms with Gasteiger partial charge in [0.25, 0.3) is 0 Å². The van der Waals surface area contributed by atoms with Crippen molar-refractivity contribution in [1.82, 2.24) is 10.1 Å². The Morgan fingerprint density at radius 1 is 1.19 bits per heavy atom. The zero-order chi connectivity index (χ0) is 14.3. The Hall–Kier alpha value is -2.14. The van der Waals surface area contributed by atoms with Gasteiger partial charge in [-0.3, -0.25) is 0 Å². The molecule has 2 N–H and O–H groups in total. The van der Waals surface area contributed by atoms with E-state index in [9.17, 15) is 0 Å². The van der Waals surface area contributed by atoms with Crippen LogP contribution < -0.4 is 5.73 Å². The molecule has 1 aromatic carbocycles. The molecule has 108 valence electrons. The van der Waals surface area contributed by atoms with Crippen molar-refractivity contribution in [2.75, 3.05) is 6.54 Å². The molecule has 0 radical (unpaired) electrons. The van der Waals surface area contributed by atoms with Crippen LogP contribution in [0.25, 0.3) is 22.4 Å². The molecule has 3 aromatic rings. The maximum Gasteiger partial charge on any atom is 0.234 e. The zero-order valence-corrected chi connectivity index (χ0v) is 11.7. The van der Waals surface area contributed by atoms with Crippen LogP contribution in [0.4, 0.5) is 0 Å². The van der Waals surface area contributed by atoms with Crippen LogP contribution in [0.3, 0.4) is 0 Å². The summed E-state index contributed by atoms with van der Waals surface area (Å²) >= 11 is 0. The molecule has 0 unspecified atom stereocenters. The van der Waals surface area contributed by atoms with E-state index in [1.807, 2.05) is 24.3 Å². The van der Waals surface area contributed by atoms with Crippen LogP contribution in [0.15, 0.2) is 39.5 Å². The van der Waals surface area contributed by atoms with Crippen molar-refractivity contribution in [2.45, 2.75) is 31.1 Å². The topological polar surface area (TPSA) is 78.1 Å². The third-order valence-electron chi connectivity index (χ3n) is 4.55. The lowest BCUT2D eigenvalue weighted by Gasteiger charge is -2.21. The number of furan rings is 1. The first-order valence-corrected chi connectivity index (χ1v) is 7.33. The summed E-state index contributed by atoms with van der Waals surface area (Å²) in [5.41, 5.74) is 7.53. The van der Waals surface area contributed by atoms with Crippen LogP contribution in [-0.4, -0.2) is 16.7 Å². The van der Waals surface area contributed by atoms with E-state index >= 15 is 0 Å². The number of rotatable bonds is 3. The van der Waals surface area contributed by atoms with Crippen molar-refractivity contribution in [3.05, 3.63) is 36.4 Å². The predicted molar refractivity (Wildman–Crippen MR) is 78.7 cm³/mol. The minimum absolute atomic E-state index is 0.134. The first-order valence-electron chi connectivity index (χ1n) is 7.33. The average Bonchev–Trinajstić information content (AvgIpc) is 3.25. The Morgan fingerprint density at radius 3 is 2.81 bits per heavy atom. The number of benzene rings is 1. The van der Waals surface area contributed by atoms with Gasteiger partial charge in [-0.15, -0.1) is 0 Å². The van der Waals surface area contributed by atoms with Crippen LogP contribution in [-0.2, 0) is 5.41 Å². The van der Waals surface area contributed by atoms with Crippen molar-refractivity contribution in [3.8, 4) is 11.4 Å². The molecule has 1 aliphatic carbocycles. The van der Waals surface area contributed by atoms with Crippen molar-refractivity contribution >= 4 is 11.0 Å². The molecular weight excluding hydrogens is 266 g/mol. The SMILES string of the molecule is NCC1(c2nc(-c3coc4ccccc34)no2)CCCC1. The van der Waals surface area contributed by atoms with Gasteiger partial charge in [0, 0.05) is 11.9 Å². The lowest BCUT2D eigenvalue weighted by molar-refractivity contribution is 0.284. The Morgan fingerprint density at radius 2 is 2.00 bits per heavy atom. The second-order valence-electron chi connectivity index (χ2n) is 5.76. The van der Waals surface area contributed by atoms with Gasteiger partial charge in [0.05, 0.1) is 11.0 Å². The van der Waals surface area contributed by atoms with E-state index in [2.05, 4.69) is 10.1 Å². The van der Waals surface area contributed by atoms with Gasteiger partial charge in [-0.1, -0.05) is 36.2 Å². The van der Waals surface area contributed by atoms with Crippen molar-refractivity contribution in [2.24, 2.45) is 5.73 Å². The summed E-state index contributed by atoms with van der Waals surface area (Å²) in [7, 11) is 0. The van der Waals surface area contributed by atoms with Gasteiger partial charge in [0.1, 0.15) is 11.8 Å². The quantitative estimate of drug-likeness (QED) is 0.798. The monoisotopic (exact) mass is 283 g/mol. The summed E-state index contributed by atoms with van der Waals surface area (Å²) in [5, 5.41) is 5.14. The number of hydrogen-bond donors (Lipinski definition) is 1. The third-order valence-corrected chi connectivity index (χ3v) is 4.55. The molecule has 4 rings (SSSR count). The predicted octanol–water partition coefficient (Wildman–Crippen LogP) is 3.25. The average molecular weight is 283 g/mol. The molecule has 1 aliphatic rings. The largest absolute Gasteiger partial charge is 0.464 e. The molecule has 5 nitrogen and oxygen atoms in total. The molecular formula is C16H17N3O2. The van der Waals surface area contributed by atoms with Gasteiger partial charge in [-0.05, 0) is 18.9 Å². The Kier molecular flexibility index (Phi) is 2.82. The molecule has 0 saturated heterocycles. The normalized spacial score (nSPS) is 17.6. The summed E-state index contributed by atoms with van der Waals surface area (Å²) in [5.74, 6) is 1.25. The highest BCUT2D eigenvalue weighted by Gasteiger charge is 2.39. The smallest absolute Gasteiger partial charge is 0.234 e. The minimum atomic E-state index is -0.134. The van der Waals surface area contributed by atoms with E-state index in [0.717, 1.165) is 29.4 Å². The summed E-state index contributed by atoms with van der Waals surface area (Å²) < 4.78 is 11.1. The highest BCUT2D eigenvalue weighted by Crippen LogP contribution is 2.40. The second-order valence-corrected chi connectivity index (χ2v) is 5.76. The summed E-state index contributed by atoms with van der Waals surface area (Å²) in [6.45, 7) is 0.556. The highest BCUT2D eigenvalue weighted by atomic mass is 16.5. The van der Waals surface area contributed by atoms with Gasteiger partial charge < -0.3 is 14.7 Å².